The van der Waals surface area contributed by atoms with Crippen LogP contribution in [0.3, 0.4) is 0 Å². The van der Waals surface area contributed by atoms with Crippen molar-refractivity contribution >= 4 is 17.6 Å². The van der Waals surface area contributed by atoms with E-state index in [0.717, 1.165) is 17.1 Å². The van der Waals surface area contributed by atoms with Crippen molar-refractivity contribution in [1.82, 2.24) is 10.2 Å². The summed E-state index contributed by atoms with van der Waals surface area (Å²) in [6.45, 7) is 0.703. The minimum absolute atomic E-state index is 0.0277. The van der Waals surface area contributed by atoms with E-state index in [1.54, 1.807) is 38.4 Å². The summed E-state index contributed by atoms with van der Waals surface area (Å²) in [4.78, 5) is 25.0. The average molecular weight is 385 g/mol. The Balaban J connectivity index is 1.40. The second kappa shape index (κ2) is 8.98. The van der Waals surface area contributed by atoms with E-state index in [-0.39, 0.29) is 25.3 Å². The first-order chi connectivity index (χ1) is 13.5. The van der Waals surface area contributed by atoms with Gasteiger partial charge in [-0.15, -0.1) is 0 Å². The Kier molecular flexibility index (Phi) is 6.21. The number of hydrogen-bond donors (Lipinski definition) is 2. The molecule has 3 rings (SSSR count). The van der Waals surface area contributed by atoms with E-state index in [2.05, 4.69) is 10.6 Å². The van der Waals surface area contributed by atoms with Crippen molar-refractivity contribution in [3.8, 4) is 17.2 Å². The number of ether oxygens (including phenoxy) is 3. The van der Waals surface area contributed by atoms with Gasteiger partial charge in [-0.3, -0.25) is 4.79 Å². The van der Waals surface area contributed by atoms with Gasteiger partial charge in [-0.2, -0.15) is 0 Å². The van der Waals surface area contributed by atoms with Crippen molar-refractivity contribution in [2.45, 2.75) is 6.42 Å². The molecule has 2 aromatic carbocycles. The molecule has 0 saturated carbocycles. The lowest BCUT2D eigenvalue weighted by atomic mass is 10.1. The van der Waals surface area contributed by atoms with E-state index in [4.69, 9.17) is 14.2 Å². The molecule has 0 bridgehead atoms. The molecule has 0 aliphatic carbocycles. The molecule has 3 amide bonds. The molecule has 8 heteroatoms. The van der Waals surface area contributed by atoms with Crippen LogP contribution in [0.5, 0.6) is 17.2 Å². The van der Waals surface area contributed by atoms with Gasteiger partial charge in [0.15, 0.2) is 18.1 Å². The summed E-state index contributed by atoms with van der Waals surface area (Å²) in [5.74, 6) is 1.91. The summed E-state index contributed by atoms with van der Waals surface area (Å²) in [5, 5.41) is 5.57. The van der Waals surface area contributed by atoms with Crippen molar-refractivity contribution < 1.29 is 23.8 Å². The van der Waals surface area contributed by atoms with Crippen molar-refractivity contribution in [3.63, 3.8) is 0 Å². The van der Waals surface area contributed by atoms with Crippen LogP contribution in [0.25, 0.3) is 0 Å². The Bertz CT molecular complexity index is 836. The van der Waals surface area contributed by atoms with Crippen LogP contribution in [-0.4, -0.2) is 50.9 Å². The Morgan fingerprint density at radius 3 is 2.57 bits per heavy atom. The first kappa shape index (κ1) is 19.3. The quantitative estimate of drug-likeness (QED) is 0.763. The molecule has 8 nitrogen and oxygen atoms in total. The molecule has 148 valence electrons. The Labute approximate surface area is 163 Å². The fourth-order valence-electron chi connectivity index (χ4n) is 2.50. The lowest BCUT2D eigenvalue weighted by Crippen LogP contribution is -2.30. The summed E-state index contributed by atoms with van der Waals surface area (Å²) < 4.78 is 16.0. The molecule has 0 radical (unpaired) electrons. The summed E-state index contributed by atoms with van der Waals surface area (Å²) in [5.41, 5.74) is 1.69. The Hall–Kier alpha value is -3.42. The number of anilines is 1. The van der Waals surface area contributed by atoms with E-state index < -0.39 is 0 Å². The van der Waals surface area contributed by atoms with E-state index >= 15 is 0 Å². The summed E-state index contributed by atoms with van der Waals surface area (Å²) in [7, 11) is 3.34. The molecule has 2 aromatic rings. The van der Waals surface area contributed by atoms with Crippen LogP contribution in [0, 0.1) is 0 Å². The molecule has 2 N–H and O–H groups in total. The lowest BCUT2D eigenvalue weighted by Gasteiger charge is -2.12. The molecular weight excluding hydrogens is 362 g/mol. The Morgan fingerprint density at radius 2 is 1.82 bits per heavy atom. The fraction of sp³-hybridized carbons (Fsp3) is 0.300. The highest BCUT2D eigenvalue weighted by atomic mass is 16.7. The number of benzene rings is 2. The van der Waals surface area contributed by atoms with Gasteiger partial charge in [0.1, 0.15) is 5.75 Å². The molecule has 0 unspecified atom stereocenters. The molecule has 28 heavy (non-hydrogen) atoms. The zero-order valence-corrected chi connectivity index (χ0v) is 15.9. The van der Waals surface area contributed by atoms with Crippen LogP contribution in [0.15, 0.2) is 42.5 Å². The zero-order chi connectivity index (χ0) is 19.9. The monoisotopic (exact) mass is 385 g/mol. The molecule has 0 atom stereocenters. The van der Waals surface area contributed by atoms with Gasteiger partial charge in [0.25, 0.3) is 5.91 Å². The van der Waals surface area contributed by atoms with Crippen LogP contribution in [0.2, 0.25) is 0 Å². The highest BCUT2D eigenvalue weighted by Crippen LogP contribution is 2.32. The maximum absolute atomic E-state index is 12.0. The molecule has 0 spiro atoms. The van der Waals surface area contributed by atoms with Gasteiger partial charge in [0.2, 0.25) is 6.79 Å². The number of urea groups is 1. The first-order valence-electron chi connectivity index (χ1n) is 8.87. The molecule has 0 aromatic heterocycles. The van der Waals surface area contributed by atoms with Gasteiger partial charge in [-0.05, 0) is 48.4 Å². The summed E-state index contributed by atoms with van der Waals surface area (Å²) >= 11 is 0. The van der Waals surface area contributed by atoms with Crippen LogP contribution in [0.4, 0.5) is 10.5 Å². The Morgan fingerprint density at radius 1 is 1.07 bits per heavy atom. The molecule has 0 saturated heterocycles. The highest BCUT2D eigenvalue weighted by Gasteiger charge is 2.13. The zero-order valence-electron chi connectivity index (χ0n) is 15.9. The third kappa shape index (κ3) is 5.29. The number of carbonyl (C=O) groups is 2. The van der Waals surface area contributed by atoms with E-state index in [1.807, 2.05) is 18.2 Å². The fourth-order valence-corrected chi connectivity index (χ4v) is 2.50. The lowest BCUT2D eigenvalue weighted by molar-refractivity contribution is -0.130. The number of carbonyl (C=O) groups excluding carboxylic acids is 2. The number of nitrogens with one attached hydrogen (secondary N) is 2. The molecule has 1 heterocycles. The third-order valence-corrected chi connectivity index (χ3v) is 4.11. The minimum atomic E-state index is -0.294. The van der Waals surface area contributed by atoms with E-state index in [1.165, 1.54) is 4.90 Å². The van der Waals surface area contributed by atoms with E-state index in [9.17, 15) is 9.59 Å². The molecule has 0 fully saturated rings. The van der Waals surface area contributed by atoms with Crippen LogP contribution in [0.1, 0.15) is 5.56 Å². The van der Waals surface area contributed by atoms with Gasteiger partial charge in [-0.1, -0.05) is 6.07 Å². The maximum atomic E-state index is 12.0. The SMILES string of the molecule is CN(C)C(=O)COc1ccc(NC(=O)NCCc2ccc3c(c2)OCO3)cc1. The third-order valence-electron chi connectivity index (χ3n) is 4.11. The van der Waals surface area contributed by atoms with Crippen LogP contribution >= 0.6 is 0 Å². The predicted octanol–water partition coefficient (Wildman–Crippen LogP) is 2.25. The smallest absolute Gasteiger partial charge is 0.319 e. The normalized spacial score (nSPS) is 11.6. The minimum Gasteiger partial charge on any atom is -0.484 e. The van der Waals surface area contributed by atoms with Gasteiger partial charge in [0, 0.05) is 26.3 Å². The summed E-state index contributed by atoms with van der Waals surface area (Å²) in [6.07, 6.45) is 0.677. The number of amides is 3. The number of fused-ring (bicyclic) bond motifs is 1. The first-order valence-corrected chi connectivity index (χ1v) is 8.87. The van der Waals surface area contributed by atoms with Gasteiger partial charge in [-0.25, -0.2) is 4.79 Å². The van der Waals surface area contributed by atoms with Crippen molar-refractivity contribution in [1.29, 1.82) is 0 Å². The van der Waals surface area contributed by atoms with Crippen LogP contribution < -0.4 is 24.8 Å². The number of likely N-dealkylation sites (N-methyl/N-ethyl adjacent to an activating group) is 1. The molecular formula is C20H23N3O5. The van der Waals surface area contributed by atoms with Crippen molar-refractivity contribution in [2.75, 3.05) is 39.4 Å². The highest BCUT2D eigenvalue weighted by molar-refractivity contribution is 5.89. The standard InChI is InChI=1S/C20H23N3O5/c1-23(2)19(24)12-26-16-6-4-15(5-7-16)22-20(25)21-10-9-14-3-8-17-18(11-14)28-13-27-17/h3-8,11H,9-10,12-13H2,1-2H3,(H2,21,22,25). The second-order valence-corrected chi connectivity index (χ2v) is 6.42. The topological polar surface area (TPSA) is 89.1 Å². The van der Waals surface area contributed by atoms with Crippen molar-refractivity contribution in [2.24, 2.45) is 0 Å². The summed E-state index contributed by atoms with van der Waals surface area (Å²) in [6, 6.07) is 12.3. The van der Waals surface area contributed by atoms with E-state index in [0.29, 0.717) is 24.4 Å². The van der Waals surface area contributed by atoms with Gasteiger partial charge < -0.3 is 29.7 Å². The molecule has 1 aliphatic rings. The number of nitrogens with zero attached hydrogens (tertiary/aromatic N) is 1. The van der Waals surface area contributed by atoms with Gasteiger partial charge >= 0.3 is 6.03 Å². The number of rotatable bonds is 7. The van der Waals surface area contributed by atoms with Crippen LogP contribution in [-0.2, 0) is 11.2 Å². The second-order valence-electron chi connectivity index (χ2n) is 6.42. The predicted molar refractivity (Wildman–Crippen MR) is 104 cm³/mol. The average Bonchev–Trinajstić information content (AvgIpc) is 3.15. The molecule has 1 aliphatic heterocycles. The number of hydrogen-bond acceptors (Lipinski definition) is 5. The van der Waals surface area contributed by atoms with Gasteiger partial charge in [0.05, 0.1) is 0 Å². The maximum Gasteiger partial charge on any atom is 0.319 e. The largest absolute Gasteiger partial charge is 0.484 e. The van der Waals surface area contributed by atoms with Crippen molar-refractivity contribution in [3.05, 3.63) is 48.0 Å².